The number of phenols is 1. The molecule has 1 saturated heterocycles. The van der Waals surface area contributed by atoms with Crippen molar-refractivity contribution in [2.24, 2.45) is 10.2 Å². The zero-order chi connectivity index (χ0) is 20.3. The lowest BCUT2D eigenvalue weighted by atomic mass is 10.1. The molecule has 0 atom stereocenters. The zero-order valence-electron chi connectivity index (χ0n) is 15.8. The van der Waals surface area contributed by atoms with Gasteiger partial charge in [0.15, 0.2) is 0 Å². The van der Waals surface area contributed by atoms with E-state index in [1.165, 1.54) is 4.31 Å². The van der Waals surface area contributed by atoms with Crippen LogP contribution >= 0.6 is 0 Å². The van der Waals surface area contributed by atoms with E-state index in [1.54, 1.807) is 36.4 Å². The van der Waals surface area contributed by atoms with Gasteiger partial charge in [0.2, 0.25) is 10.0 Å². The first-order valence-electron chi connectivity index (χ1n) is 9.44. The minimum Gasteiger partial charge on any atom is -0.506 e. The van der Waals surface area contributed by atoms with Gasteiger partial charge in [0.25, 0.3) is 0 Å². The molecule has 3 aromatic rings. The Kier molecular flexibility index (Phi) is 5.42. The summed E-state index contributed by atoms with van der Waals surface area (Å²) in [6.07, 6.45) is 1.80. The van der Waals surface area contributed by atoms with Crippen molar-refractivity contribution in [1.29, 1.82) is 0 Å². The number of hydrogen-bond donors (Lipinski definition) is 1. The van der Waals surface area contributed by atoms with Crippen molar-refractivity contribution >= 4 is 21.4 Å². The highest BCUT2D eigenvalue weighted by molar-refractivity contribution is 7.89. The van der Waals surface area contributed by atoms with Crippen LogP contribution in [-0.4, -0.2) is 30.9 Å². The molecule has 0 bridgehead atoms. The van der Waals surface area contributed by atoms with E-state index in [9.17, 15) is 13.5 Å². The SMILES string of the molecule is O=S(=O)(c1ccc(N=Nc2cc(-c3ccccc3)ccc2O)cc1)N1CCCC1. The summed E-state index contributed by atoms with van der Waals surface area (Å²) in [5.41, 5.74) is 2.79. The topological polar surface area (TPSA) is 82.3 Å². The van der Waals surface area contributed by atoms with Crippen molar-refractivity contribution in [2.75, 3.05) is 13.1 Å². The number of hydrogen-bond acceptors (Lipinski definition) is 5. The van der Waals surface area contributed by atoms with Crippen LogP contribution in [0.4, 0.5) is 11.4 Å². The van der Waals surface area contributed by atoms with Gasteiger partial charge >= 0.3 is 0 Å². The second kappa shape index (κ2) is 8.14. The average molecular weight is 407 g/mol. The molecule has 1 aliphatic rings. The lowest BCUT2D eigenvalue weighted by molar-refractivity contribution is 0.476. The van der Waals surface area contributed by atoms with Gasteiger partial charge in [-0.2, -0.15) is 9.42 Å². The van der Waals surface area contributed by atoms with Gasteiger partial charge in [0.05, 0.1) is 10.6 Å². The molecule has 0 saturated carbocycles. The first-order valence-corrected chi connectivity index (χ1v) is 10.9. The minimum absolute atomic E-state index is 0.0293. The summed E-state index contributed by atoms with van der Waals surface area (Å²) in [6, 6.07) is 21.3. The molecule has 1 fully saturated rings. The molecule has 148 valence electrons. The fraction of sp³-hybridized carbons (Fsp3) is 0.182. The van der Waals surface area contributed by atoms with Crippen LogP contribution in [0.1, 0.15) is 12.8 Å². The normalized spacial score (nSPS) is 15.2. The molecular formula is C22H21N3O3S. The third-order valence-electron chi connectivity index (χ3n) is 4.90. The Morgan fingerprint density at radius 2 is 1.48 bits per heavy atom. The fourth-order valence-electron chi connectivity index (χ4n) is 3.29. The van der Waals surface area contributed by atoms with Crippen molar-refractivity contribution in [3.05, 3.63) is 72.8 Å². The van der Waals surface area contributed by atoms with Crippen LogP contribution in [0, 0.1) is 0 Å². The predicted molar refractivity (Wildman–Crippen MR) is 112 cm³/mol. The summed E-state index contributed by atoms with van der Waals surface area (Å²) in [5, 5.41) is 18.4. The Hall–Kier alpha value is -3.03. The van der Waals surface area contributed by atoms with Gasteiger partial charge in [0.1, 0.15) is 11.4 Å². The molecule has 1 aliphatic heterocycles. The standard InChI is InChI=1S/C22H21N3O3S/c26-22-13-8-18(17-6-2-1-3-7-17)16-21(22)24-23-19-9-11-20(12-10-19)29(27,28)25-14-4-5-15-25/h1-3,6-13,16,26H,4-5,14-15H2. The molecule has 0 amide bonds. The largest absolute Gasteiger partial charge is 0.506 e. The van der Waals surface area contributed by atoms with Crippen LogP contribution < -0.4 is 0 Å². The smallest absolute Gasteiger partial charge is 0.243 e. The van der Waals surface area contributed by atoms with E-state index in [-0.39, 0.29) is 10.6 Å². The molecule has 3 aromatic carbocycles. The number of benzene rings is 3. The molecule has 7 heteroatoms. The van der Waals surface area contributed by atoms with E-state index >= 15 is 0 Å². The monoisotopic (exact) mass is 407 g/mol. The maximum Gasteiger partial charge on any atom is 0.243 e. The predicted octanol–water partition coefficient (Wildman–Crippen LogP) is 5.26. The Labute approximate surface area is 170 Å². The van der Waals surface area contributed by atoms with E-state index in [4.69, 9.17) is 0 Å². The maximum absolute atomic E-state index is 12.6. The second-order valence-corrected chi connectivity index (χ2v) is 8.81. The second-order valence-electron chi connectivity index (χ2n) is 6.87. The fourth-order valence-corrected chi connectivity index (χ4v) is 4.80. The van der Waals surface area contributed by atoms with Crippen LogP contribution in [0.3, 0.4) is 0 Å². The summed E-state index contributed by atoms with van der Waals surface area (Å²) in [5.74, 6) is 0.0293. The minimum atomic E-state index is -3.44. The molecule has 6 nitrogen and oxygen atoms in total. The summed E-state index contributed by atoms with van der Waals surface area (Å²) in [6.45, 7) is 1.14. The summed E-state index contributed by atoms with van der Waals surface area (Å²) in [4.78, 5) is 0.257. The van der Waals surface area contributed by atoms with E-state index < -0.39 is 10.0 Å². The van der Waals surface area contributed by atoms with Gasteiger partial charge in [0, 0.05) is 13.1 Å². The van der Waals surface area contributed by atoms with E-state index in [0.717, 1.165) is 24.0 Å². The van der Waals surface area contributed by atoms with Gasteiger partial charge in [-0.1, -0.05) is 36.4 Å². The highest BCUT2D eigenvalue weighted by Gasteiger charge is 2.26. The number of rotatable bonds is 5. The van der Waals surface area contributed by atoms with Crippen LogP contribution in [0.2, 0.25) is 0 Å². The van der Waals surface area contributed by atoms with Crippen molar-refractivity contribution in [1.82, 2.24) is 4.31 Å². The van der Waals surface area contributed by atoms with Crippen molar-refractivity contribution in [2.45, 2.75) is 17.7 Å². The third kappa shape index (κ3) is 4.21. The number of sulfonamides is 1. The average Bonchev–Trinajstić information content (AvgIpc) is 3.30. The summed E-state index contributed by atoms with van der Waals surface area (Å²) in [7, 11) is -3.44. The first kappa shape index (κ1) is 19.3. The van der Waals surface area contributed by atoms with Crippen LogP contribution in [0.25, 0.3) is 11.1 Å². The molecule has 29 heavy (non-hydrogen) atoms. The van der Waals surface area contributed by atoms with E-state index in [1.807, 2.05) is 36.4 Å². The van der Waals surface area contributed by atoms with Crippen molar-refractivity contribution in [3.63, 3.8) is 0 Å². The Bertz CT molecular complexity index is 1120. The van der Waals surface area contributed by atoms with Gasteiger partial charge in [-0.3, -0.25) is 0 Å². The van der Waals surface area contributed by atoms with Gasteiger partial charge in [-0.05, 0) is 60.4 Å². The highest BCUT2D eigenvalue weighted by Crippen LogP contribution is 2.33. The Morgan fingerprint density at radius 3 is 2.17 bits per heavy atom. The highest BCUT2D eigenvalue weighted by atomic mass is 32.2. The lowest BCUT2D eigenvalue weighted by Crippen LogP contribution is -2.27. The van der Waals surface area contributed by atoms with Gasteiger partial charge in [-0.25, -0.2) is 8.42 Å². The number of phenolic OH excluding ortho intramolecular Hbond substituents is 1. The Balaban J connectivity index is 1.55. The molecule has 0 aliphatic carbocycles. The Morgan fingerprint density at radius 1 is 0.793 bits per heavy atom. The van der Waals surface area contributed by atoms with E-state index in [0.29, 0.717) is 24.5 Å². The summed E-state index contributed by atoms with van der Waals surface area (Å²) >= 11 is 0. The van der Waals surface area contributed by atoms with Gasteiger partial charge in [-0.15, -0.1) is 5.11 Å². The third-order valence-corrected chi connectivity index (χ3v) is 6.81. The summed E-state index contributed by atoms with van der Waals surface area (Å²) < 4.78 is 26.7. The quantitative estimate of drug-likeness (QED) is 0.586. The van der Waals surface area contributed by atoms with Crippen molar-refractivity contribution in [3.8, 4) is 16.9 Å². The lowest BCUT2D eigenvalue weighted by Gasteiger charge is -2.15. The van der Waals surface area contributed by atoms with Crippen LogP contribution in [0.5, 0.6) is 5.75 Å². The van der Waals surface area contributed by atoms with Crippen LogP contribution in [0.15, 0.2) is 87.9 Å². The molecule has 0 spiro atoms. The number of nitrogens with zero attached hydrogens (tertiary/aromatic N) is 3. The molecule has 1 heterocycles. The van der Waals surface area contributed by atoms with Gasteiger partial charge < -0.3 is 5.11 Å². The van der Waals surface area contributed by atoms with Crippen LogP contribution in [-0.2, 0) is 10.0 Å². The van der Waals surface area contributed by atoms with Crippen molar-refractivity contribution < 1.29 is 13.5 Å². The molecule has 1 N–H and O–H groups in total. The number of azo groups is 1. The molecule has 0 radical (unpaired) electrons. The molecule has 0 unspecified atom stereocenters. The molecule has 0 aromatic heterocycles. The molecular weight excluding hydrogens is 386 g/mol. The first-order chi connectivity index (χ1) is 14.0. The maximum atomic E-state index is 12.6. The van der Waals surface area contributed by atoms with E-state index in [2.05, 4.69) is 10.2 Å². The number of aromatic hydroxyl groups is 1. The molecule has 4 rings (SSSR count). The zero-order valence-corrected chi connectivity index (χ0v) is 16.6.